The zero-order valence-corrected chi connectivity index (χ0v) is 30.6. The Morgan fingerprint density at radius 2 is 0.839 bits per heavy atom. The van der Waals surface area contributed by atoms with Gasteiger partial charge >= 0.3 is 0 Å². The van der Waals surface area contributed by atoms with E-state index < -0.39 is 5.41 Å². The van der Waals surface area contributed by atoms with E-state index in [9.17, 15) is 0 Å². The van der Waals surface area contributed by atoms with Gasteiger partial charge in [0.05, 0.1) is 5.41 Å². The topological polar surface area (TPSA) is 15.7 Å². The van der Waals surface area contributed by atoms with E-state index in [4.69, 9.17) is 4.74 Å². The first-order valence-electron chi connectivity index (χ1n) is 19.2. The molecule has 1 heterocycles. The molecule has 0 aromatic heterocycles. The van der Waals surface area contributed by atoms with E-state index in [1.165, 1.54) is 38.6 Å². The number of hydrogen-bond donors (Lipinski definition) is 0. The summed E-state index contributed by atoms with van der Waals surface area (Å²) in [6.45, 7) is 0. The molecule has 1 unspecified atom stereocenters. The fraction of sp³-hybridized carbons (Fsp3) is 0.0189. The Morgan fingerprint density at radius 3 is 1.46 bits per heavy atom. The largest absolute Gasteiger partial charge is 0.457 e. The minimum absolute atomic E-state index is 0.673. The monoisotopic (exact) mass is 716 g/mol. The normalized spacial score (nSPS) is 14.6. The van der Waals surface area contributed by atoms with Crippen LogP contribution in [0.1, 0.15) is 22.3 Å². The summed E-state index contributed by atoms with van der Waals surface area (Å²) >= 11 is 0. The summed E-state index contributed by atoms with van der Waals surface area (Å²) < 4.78 is 6.88. The van der Waals surface area contributed by atoms with E-state index in [0.29, 0.717) is 0 Å². The Balaban J connectivity index is 1.24. The van der Waals surface area contributed by atoms with Gasteiger partial charge in [-0.15, -0.1) is 0 Å². The van der Waals surface area contributed by atoms with Crippen molar-refractivity contribution >= 4 is 44.9 Å². The predicted molar refractivity (Wildman–Crippen MR) is 231 cm³/mol. The van der Waals surface area contributed by atoms with E-state index in [1.807, 2.05) is 0 Å². The molecule has 0 bridgehead atoms. The summed E-state index contributed by atoms with van der Waals surface area (Å²) in [4.78, 5) is 4.72. The van der Waals surface area contributed by atoms with Gasteiger partial charge in [-0.2, -0.15) is 0 Å². The molecule has 0 saturated carbocycles. The molecule has 0 N–H and O–H groups in total. The summed E-state index contributed by atoms with van der Waals surface area (Å²) in [5.74, 6) is 1.76. The Kier molecular flexibility index (Phi) is 7.39. The third-order valence-corrected chi connectivity index (χ3v) is 11.5. The van der Waals surface area contributed by atoms with Crippen LogP contribution in [-0.2, 0) is 5.41 Å². The van der Waals surface area contributed by atoms with Gasteiger partial charge in [-0.3, -0.25) is 0 Å². The van der Waals surface area contributed by atoms with Crippen LogP contribution in [0.2, 0.25) is 0 Å². The lowest BCUT2D eigenvalue weighted by Crippen LogP contribution is -2.32. The van der Waals surface area contributed by atoms with Crippen molar-refractivity contribution < 1.29 is 4.74 Å². The zero-order valence-electron chi connectivity index (χ0n) is 30.6. The fourth-order valence-electron chi connectivity index (χ4n) is 9.19. The number of para-hydroxylation sites is 5. The van der Waals surface area contributed by atoms with E-state index >= 15 is 0 Å². The highest BCUT2D eigenvalue weighted by molar-refractivity contribution is 5.99. The smallest absolute Gasteiger partial charge is 0.132 e. The average Bonchev–Trinajstić information content (AvgIpc) is 3.54. The van der Waals surface area contributed by atoms with E-state index in [1.54, 1.807) is 0 Å². The van der Waals surface area contributed by atoms with Gasteiger partial charge in [0, 0.05) is 45.3 Å². The average molecular weight is 717 g/mol. The van der Waals surface area contributed by atoms with Gasteiger partial charge in [-0.1, -0.05) is 133 Å². The van der Waals surface area contributed by atoms with Crippen LogP contribution in [0.25, 0.3) is 21.9 Å². The number of anilines is 6. The second kappa shape index (κ2) is 12.9. The van der Waals surface area contributed by atoms with Crippen LogP contribution in [0.15, 0.2) is 218 Å². The van der Waals surface area contributed by atoms with Gasteiger partial charge in [0.25, 0.3) is 0 Å². The third kappa shape index (κ3) is 4.84. The van der Waals surface area contributed by atoms with Crippen LogP contribution in [0, 0.1) is 0 Å². The molecule has 1 atom stereocenters. The van der Waals surface area contributed by atoms with Crippen LogP contribution in [0.5, 0.6) is 11.5 Å². The summed E-state index contributed by atoms with van der Waals surface area (Å²) in [5.41, 5.74) is 13.2. The number of rotatable bonds is 6. The first kappa shape index (κ1) is 32.1. The van der Waals surface area contributed by atoms with E-state index in [0.717, 1.165) is 51.2 Å². The van der Waals surface area contributed by atoms with Crippen molar-refractivity contribution in [2.45, 2.75) is 5.41 Å². The van der Waals surface area contributed by atoms with Crippen LogP contribution in [-0.4, -0.2) is 0 Å². The molecule has 2 aliphatic rings. The van der Waals surface area contributed by atoms with Crippen LogP contribution in [0.3, 0.4) is 0 Å². The lowest BCUT2D eigenvalue weighted by atomic mass is 9.65. The Labute approximate surface area is 326 Å². The van der Waals surface area contributed by atoms with Gasteiger partial charge in [0.2, 0.25) is 0 Å². The van der Waals surface area contributed by atoms with Crippen molar-refractivity contribution in [1.82, 2.24) is 0 Å². The van der Waals surface area contributed by atoms with Gasteiger partial charge in [0.15, 0.2) is 0 Å². The standard InChI is InChI=1S/C53H36N2O/c1-5-18-38(19-6-1)54(39-20-7-2-8-21-39)42-31-33-47-46(35-42)45-32-30-43(55(40-22-9-3-10-23-40)41-24-11-4-12-25-41)36-49(45)53(47)48-27-15-16-28-50(48)56-51-34-29-37-17-13-14-26-44(37)52(51)53/h1-36H. The van der Waals surface area contributed by atoms with Crippen molar-refractivity contribution in [3.05, 3.63) is 241 Å². The first-order chi connectivity index (χ1) is 27.8. The van der Waals surface area contributed by atoms with Crippen LogP contribution < -0.4 is 14.5 Å². The summed E-state index contributed by atoms with van der Waals surface area (Å²) in [6.07, 6.45) is 0. The molecular formula is C53H36N2O. The number of benzene rings is 9. The van der Waals surface area contributed by atoms with Gasteiger partial charge in [-0.25, -0.2) is 0 Å². The first-order valence-corrected chi connectivity index (χ1v) is 19.2. The zero-order chi connectivity index (χ0) is 37.1. The van der Waals surface area contributed by atoms with Gasteiger partial charge in [-0.05, 0) is 118 Å². The van der Waals surface area contributed by atoms with Crippen molar-refractivity contribution in [2.24, 2.45) is 0 Å². The lowest BCUT2D eigenvalue weighted by molar-refractivity contribution is 0.438. The second-order valence-electron chi connectivity index (χ2n) is 14.5. The summed E-state index contributed by atoms with van der Waals surface area (Å²) in [7, 11) is 0. The van der Waals surface area contributed by atoms with Gasteiger partial charge < -0.3 is 14.5 Å². The molecule has 9 aromatic carbocycles. The molecule has 56 heavy (non-hydrogen) atoms. The minimum atomic E-state index is -0.673. The molecule has 0 fully saturated rings. The molecule has 11 rings (SSSR count). The Morgan fingerprint density at radius 1 is 0.321 bits per heavy atom. The molecule has 0 amide bonds. The quantitative estimate of drug-likeness (QED) is 0.170. The molecule has 0 saturated heterocycles. The van der Waals surface area contributed by atoms with Crippen molar-refractivity contribution in [3.63, 3.8) is 0 Å². The molecular weight excluding hydrogens is 681 g/mol. The van der Waals surface area contributed by atoms with Crippen molar-refractivity contribution in [3.8, 4) is 22.6 Å². The molecule has 264 valence electrons. The van der Waals surface area contributed by atoms with Crippen LogP contribution >= 0.6 is 0 Å². The molecule has 1 aliphatic heterocycles. The van der Waals surface area contributed by atoms with Crippen LogP contribution in [0.4, 0.5) is 34.1 Å². The summed E-state index contributed by atoms with van der Waals surface area (Å²) in [5, 5.41) is 2.37. The highest BCUT2D eigenvalue weighted by atomic mass is 16.5. The highest BCUT2D eigenvalue weighted by Gasteiger charge is 2.52. The SMILES string of the molecule is c1ccc(N(c2ccccc2)c2ccc3c(c2)-c2ccc(N(c4ccccc4)c4ccccc4)cc2C32c3ccccc3Oc3ccc4ccccc4c32)cc1. The van der Waals surface area contributed by atoms with Gasteiger partial charge in [0.1, 0.15) is 11.5 Å². The number of fused-ring (bicyclic) bond motifs is 11. The Hall–Kier alpha value is -7.36. The number of hydrogen-bond acceptors (Lipinski definition) is 3. The highest BCUT2D eigenvalue weighted by Crippen LogP contribution is 2.64. The number of ether oxygens (including phenoxy) is 1. The fourth-order valence-corrected chi connectivity index (χ4v) is 9.19. The van der Waals surface area contributed by atoms with E-state index in [-0.39, 0.29) is 0 Å². The molecule has 3 heteroatoms. The molecule has 9 aromatic rings. The lowest BCUT2D eigenvalue weighted by Gasteiger charge is -2.40. The van der Waals surface area contributed by atoms with Crippen molar-refractivity contribution in [1.29, 1.82) is 0 Å². The van der Waals surface area contributed by atoms with Crippen molar-refractivity contribution in [2.75, 3.05) is 9.80 Å². The predicted octanol–water partition coefficient (Wildman–Crippen LogP) is 14.2. The molecule has 1 spiro atoms. The maximum absolute atomic E-state index is 6.88. The molecule has 3 nitrogen and oxygen atoms in total. The third-order valence-electron chi connectivity index (χ3n) is 11.5. The molecule has 0 radical (unpaired) electrons. The second-order valence-corrected chi connectivity index (χ2v) is 14.5. The maximum atomic E-state index is 6.88. The molecule has 1 aliphatic carbocycles. The van der Waals surface area contributed by atoms with E-state index in [2.05, 4.69) is 228 Å². The summed E-state index contributed by atoms with van der Waals surface area (Å²) in [6, 6.07) is 78.5. The Bertz CT molecular complexity index is 2810. The minimum Gasteiger partial charge on any atom is -0.457 e. The number of nitrogens with zero attached hydrogens (tertiary/aromatic N) is 2. The maximum Gasteiger partial charge on any atom is 0.132 e.